The van der Waals surface area contributed by atoms with Crippen molar-refractivity contribution in [3.8, 4) is 0 Å². The lowest BCUT2D eigenvalue weighted by Gasteiger charge is -2.35. The van der Waals surface area contributed by atoms with Gasteiger partial charge in [0, 0.05) is 29.9 Å². The molecule has 0 aliphatic carbocycles. The summed E-state index contributed by atoms with van der Waals surface area (Å²) >= 11 is 5.83. The number of benzene rings is 1. The normalized spacial score (nSPS) is 37.6. The van der Waals surface area contributed by atoms with Crippen LogP contribution in [0.2, 0.25) is 5.02 Å². The Balaban J connectivity index is 1.90. The molecule has 3 rings (SSSR count). The Labute approximate surface area is 100.0 Å². The Morgan fingerprint density at radius 3 is 2.25 bits per heavy atom. The molecule has 2 heterocycles. The molecule has 1 aromatic carbocycles. The van der Waals surface area contributed by atoms with Gasteiger partial charge in [0.05, 0.1) is 0 Å². The van der Waals surface area contributed by atoms with E-state index >= 15 is 0 Å². The highest BCUT2D eigenvalue weighted by molar-refractivity contribution is 6.30. The Hall–Kier alpha value is -0.600. The fourth-order valence-corrected chi connectivity index (χ4v) is 3.20. The molecule has 2 bridgehead atoms. The minimum atomic E-state index is -1.15. The molecule has 2 fully saturated rings. The van der Waals surface area contributed by atoms with Crippen LogP contribution in [0.15, 0.2) is 24.3 Å². The van der Waals surface area contributed by atoms with Crippen molar-refractivity contribution in [1.29, 1.82) is 0 Å². The summed E-state index contributed by atoms with van der Waals surface area (Å²) in [5, 5.41) is 4.13. The van der Waals surface area contributed by atoms with E-state index in [4.69, 9.17) is 11.6 Å². The number of nitrogens with one attached hydrogen (secondary N) is 1. The van der Waals surface area contributed by atoms with Crippen molar-refractivity contribution >= 4 is 11.6 Å². The van der Waals surface area contributed by atoms with Crippen molar-refractivity contribution in [2.75, 3.05) is 0 Å². The second kappa shape index (κ2) is 3.71. The first kappa shape index (κ1) is 10.5. The monoisotopic (exact) mass is 239 g/mol. The van der Waals surface area contributed by atoms with Gasteiger partial charge in [-0.15, -0.1) is 0 Å². The molecule has 1 N–H and O–H groups in total. The molecule has 0 radical (unpaired) electrons. The molecule has 1 aromatic rings. The molecular weight excluding hydrogens is 225 g/mol. The van der Waals surface area contributed by atoms with E-state index in [1.807, 2.05) is 12.1 Å². The predicted octanol–water partition coefficient (Wildman–Crippen LogP) is 3.42. The van der Waals surface area contributed by atoms with Gasteiger partial charge in [-0.25, -0.2) is 4.39 Å². The molecule has 0 saturated carbocycles. The summed E-state index contributed by atoms with van der Waals surface area (Å²) in [5.74, 6) is 0. The van der Waals surface area contributed by atoms with Crippen LogP contribution in [-0.2, 0) is 5.67 Å². The standard InChI is InChI=1S/C13H15ClFN/c14-10-3-1-9(2-4-10)13(15)7-11-5-6-12(8-13)16-11/h1-4,11-12,16H,5-8H2. The minimum absolute atomic E-state index is 0.361. The van der Waals surface area contributed by atoms with E-state index in [-0.39, 0.29) is 0 Å². The van der Waals surface area contributed by atoms with E-state index in [1.165, 1.54) is 0 Å². The lowest BCUT2D eigenvalue weighted by molar-refractivity contribution is 0.0874. The van der Waals surface area contributed by atoms with Crippen molar-refractivity contribution in [2.24, 2.45) is 0 Å². The number of alkyl halides is 1. The Kier molecular flexibility index (Phi) is 2.45. The van der Waals surface area contributed by atoms with Gasteiger partial charge in [0.15, 0.2) is 0 Å². The molecule has 0 spiro atoms. The third-order valence-electron chi connectivity index (χ3n) is 3.84. The van der Waals surface area contributed by atoms with E-state index in [9.17, 15) is 4.39 Å². The Bertz CT molecular complexity index is 377. The topological polar surface area (TPSA) is 12.0 Å². The zero-order valence-electron chi connectivity index (χ0n) is 9.05. The van der Waals surface area contributed by atoms with Crippen LogP contribution in [0.25, 0.3) is 0 Å². The van der Waals surface area contributed by atoms with Crippen LogP contribution in [-0.4, -0.2) is 12.1 Å². The maximum absolute atomic E-state index is 14.9. The number of rotatable bonds is 1. The average Bonchev–Trinajstić information content (AvgIpc) is 2.59. The molecule has 86 valence electrons. The van der Waals surface area contributed by atoms with Gasteiger partial charge in [0.25, 0.3) is 0 Å². The average molecular weight is 240 g/mol. The van der Waals surface area contributed by atoms with E-state index in [0.29, 0.717) is 29.9 Å². The van der Waals surface area contributed by atoms with E-state index in [1.54, 1.807) is 12.1 Å². The van der Waals surface area contributed by atoms with Gasteiger partial charge in [-0.2, -0.15) is 0 Å². The summed E-state index contributed by atoms with van der Waals surface area (Å²) in [6, 6.07) is 7.93. The molecule has 3 heteroatoms. The summed E-state index contributed by atoms with van der Waals surface area (Å²) < 4.78 is 14.9. The maximum atomic E-state index is 14.9. The van der Waals surface area contributed by atoms with Crippen molar-refractivity contribution < 1.29 is 4.39 Å². The molecule has 16 heavy (non-hydrogen) atoms. The maximum Gasteiger partial charge on any atom is 0.139 e. The molecule has 0 aromatic heterocycles. The van der Waals surface area contributed by atoms with E-state index in [0.717, 1.165) is 18.4 Å². The number of fused-ring (bicyclic) bond motifs is 2. The predicted molar refractivity (Wildman–Crippen MR) is 63.4 cm³/mol. The smallest absolute Gasteiger partial charge is 0.139 e. The van der Waals surface area contributed by atoms with Gasteiger partial charge < -0.3 is 5.32 Å². The zero-order chi connectivity index (χ0) is 11.2. The van der Waals surface area contributed by atoms with Crippen molar-refractivity contribution in [1.82, 2.24) is 5.32 Å². The zero-order valence-corrected chi connectivity index (χ0v) is 9.80. The second-order valence-corrected chi connectivity index (χ2v) is 5.45. The molecule has 0 amide bonds. The van der Waals surface area contributed by atoms with Crippen LogP contribution in [0.1, 0.15) is 31.2 Å². The van der Waals surface area contributed by atoms with Crippen LogP contribution in [0.3, 0.4) is 0 Å². The third kappa shape index (κ3) is 1.74. The van der Waals surface area contributed by atoms with Gasteiger partial charge in [-0.3, -0.25) is 0 Å². The van der Waals surface area contributed by atoms with Crippen molar-refractivity contribution in [3.05, 3.63) is 34.9 Å². The summed E-state index contributed by atoms with van der Waals surface area (Å²) in [6.45, 7) is 0. The van der Waals surface area contributed by atoms with Crippen LogP contribution in [0.4, 0.5) is 4.39 Å². The molecule has 2 atom stereocenters. The number of hydrogen-bond acceptors (Lipinski definition) is 1. The Morgan fingerprint density at radius 2 is 1.69 bits per heavy atom. The highest BCUT2D eigenvalue weighted by Gasteiger charge is 2.44. The number of halogens is 2. The van der Waals surface area contributed by atoms with Gasteiger partial charge in [-0.1, -0.05) is 23.7 Å². The largest absolute Gasteiger partial charge is 0.311 e. The fourth-order valence-electron chi connectivity index (χ4n) is 3.07. The van der Waals surface area contributed by atoms with Crippen molar-refractivity contribution in [3.63, 3.8) is 0 Å². The SMILES string of the molecule is FC1(c2ccc(Cl)cc2)CC2CCC(C1)N2. The second-order valence-electron chi connectivity index (χ2n) is 5.02. The van der Waals surface area contributed by atoms with Crippen LogP contribution < -0.4 is 5.32 Å². The number of piperidine rings is 1. The van der Waals surface area contributed by atoms with Crippen LogP contribution in [0.5, 0.6) is 0 Å². The van der Waals surface area contributed by atoms with Gasteiger partial charge in [-0.05, 0) is 30.5 Å². The highest BCUT2D eigenvalue weighted by atomic mass is 35.5. The minimum Gasteiger partial charge on any atom is -0.311 e. The summed E-state index contributed by atoms with van der Waals surface area (Å²) in [6.07, 6.45) is 3.43. The first-order chi connectivity index (χ1) is 7.66. The quantitative estimate of drug-likeness (QED) is 0.792. The molecule has 1 nitrogen and oxygen atoms in total. The lowest BCUT2D eigenvalue weighted by Crippen LogP contribution is -2.44. The van der Waals surface area contributed by atoms with E-state index in [2.05, 4.69) is 5.32 Å². The summed E-state index contributed by atoms with van der Waals surface area (Å²) in [5.41, 5.74) is -0.364. The molecular formula is C13H15ClFN. The lowest BCUT2D eigenvalue weighted by atomic mass is 9.83. The molecule has 2 aliphatic rings. The third-order valence-corrected chi connectivity index (χ3v) is 4.09. The Morgan fingerprint density at radius 1 is 1.12 bits per heavy atom. The molecule has 2 aliphatic heterocycles. The van der Waals surface area contributed by atoms with Crippen LogP contribution >= 0.6 is 11.6 Å². The van der Waals surface area contributed by atoms with Crippen LogP contribution in [0, 0.1) is 0 Å². The van der Waals surface area contributed by atoms with Gasteiger partial charge >= 0.3 is 0 Å². The van der Waals surface area contributed by atoms with Gasteiger partial charge in [0.1, 0.15) is 5.67 Å². The van der Waals surface area contributed by atoms with Gasteiger partial charge in [0.2, 0.25) is 0 Å². The van der Waals surface area contributed by atoms with Crippen molar-refractivity contribution in [2.45, 2.75) is 43.4 Å². The molecule has 2 unspecified atom stereocenters. The molecule has 2 saturated heterocycles. The fraction of sp³-hybridized carbons (Fsp3) is 0.538. The van der Waals surface area contributed by atoms with E-state index < -0.39 is 5.67 Å². The first-order valence-corrected chi connectivity index (χ1v) is 6.24. The first-order valence-electron chi connectivity index (χ1n) is 5.87. The summed E-state index contributed by atoms with van der Waals surface area (Å²) in [7, 11) is 0. The number of hydrogen-bond donors (Lipinski definition) is 1. The summed E-state index contributed by atoms with van der Waals surface area (Å²) in [4.78, 5) is 0. The highest BCUT2D eigenvalue weighted by Crippen LogP contribution is 2.43.